The van der Waals surface area contributed by atoms with Gasteiger partial charge in [-0.15, -0.1) is 15.4 Å². The number of hydrogen-bond donors (Lipinski definition) is 1. The molecule has 1 aromatic carbocycles. The molecule has 21 heteroatoms. The number of fused-ring (bicyclic) bond motifs is 1. The number of nitrogens with one attached hydrogen (secondary N) is 1. The molecule has 4 heterocycles. The quantitative estimate of drug-likeness (QED) is 0.0331. The van der Waals surface area contributed by atoms with Crippen molar-refractivity contribution in [1.82, 2.24) is 30.4 Å². The number of hydrogen-bond acceptors (Lipinski definition) is 18. The number of ether oxygens (including phenoxy) is 6. The van der Waals surface area contributed by atoms with Gasteiger partial charge in [0.25, 0.3) is 0 Å². The molecular formula is C41H61N8O13. The average Bonchev–Trinajstić information content (AvgIpc) is 3.95. The number of aromatic nitrogens is 5. The first-order chi connectivity index (χ1) is 29.6. The third-order valence-corrected chi connectivity index (χ3v) is 11.1. The Kier molecular flexibility index (Phi) is 17.5. The van der Waals surface area contributed by atoms with Crippen molar-refractivity contribution >= 4 is 40.3 Å². The molecule has 1 unspecified atom stereocenters. The van der Waals surface area contributed by atoms with E-state index in [1.165, 1.54) is 50.3 Å². The highest BCUT2D eigenvalue weighted by Crippen LogP contribution is 2.40. The zero-order chi connectivity index (χ0) is 44.9. The number of nitro benzene ring substituents is 1. The molecule has 2 aliphatic rings. The summed E-state index contributed by atoms with van der Waals surface area (Å²) in [7, 11) is 0. The van der Waals surface area contributed by atoms with E-state index in [0.717, 1.165) is 71.1 Å². The number of rotatable bonds is 25. The van der Waals surface area contributed by atoms with Crippen molar-refractivity contribution in [2.45, 2.75) is 180 Å². The molecule has 2 aromatic heterocycles. The van der Waals surface area contributed by atoms with Gasteiger partial charge in [-0.05, 0) is 55.9 Å². The van der Waals surface area contributed by atoms with Gasteiger partial charge in [-0.25, -0.2) is 4.63 Å². The van der Waals surface area contributed by atoms with Gasteiger partial charge >= 0.3 is 23.6 Å². The molecule has 1 radical (unpaired) electrons. The number of benzene rings is 1. The molecule has 343 valence electrons. The van der Waals surface area contributed by atoms with Gasteiger partial charge in [0.15, 0.2) is 24.0 Å². The van der Waals surface area contributed by atoms with Crippen molar-refractivity contribution < 1.29 is 57.6 Å². The zero-order valence-electron chi connectivity index (χ0n) is 36.6. The molecule has 0 spiro atoms. The Labute approximate surface area is 360 Å². The molecule has 0 bridgehead atoms. The molecule has 21 nitrogen and oxygen atoms in total. The summed E-state index contributed by atoms with van der Waals surface area (Å²) in [5.41, 5.74) is -0.977. The summed E-state index contributed by atoms with van der Waals surface area (Å²) in [6, 6.07) is 1.43. The second kappa shape index (κ2) is 22.5. The number of aryl methyl sites for hydroxylation is 1. The van der Waals surface area contributed by atoms with Crippen LogP contribution in [0.25, 0.3) is 11.0 Å². The molecule has 2 saturated heterocycles. The van der Waals surface area contributed by atoms with Crippen molar-refractivity contribution in [1.29, 1.82) is 0 Å². The Morgan fingerprint density at radius 1 is 0.903 bits per heavy atom. The number of carbonyl (C=O) groups is 3. The smallest absolute Gasteiger partial charge is 0.303 e. The van der Waals surface area contributed by atoms with Crippen LogP contribution in [0.4, 0.5) is 11.4 Å². The van der Waals surface area contributed by atoms with Gasteiger partial charge in [0, 0.05) is 33.4 Å². The predicted molar refractivity (Wildman–Crippen MR) is 218 cm³/mol. The van der Waals surface area contributed by atoms with Gasteiger partial charge in [0.2, 0.25) is 5.52 Å². The summed E-state index contributed by atoms with van der Waals surface area (Å²) in [6.07, 6.45) is 10.3. The second-order valence-electron chi connectivity index (χ2n) is 16.7. The number of hydroxylamine groups is 2. The van der Waals surface area contributed by atoms with E-state index in [0.29, 0.717) is 18.8 Å². The van der Waals surface area contributed by atoms with Crippen LogP contribution in [0.5, 0.6) is 0 Å². The van der Waals surface area contributed by atoms with Crippen LogP contribution >= 0.6 is 0 Å². The Hall–Kier alpha value is -4.83. The van der Waals surface area contributed by atoms with Crippen LogP contribution in [-0.2, 0) is 61.2 Å². The second-order valence-corrected chi connectivity index (χ2v) is 16.7. The molecule has 62 heavy (non-hydrogen) atoms. The van der Waals surface area contributed by atoms with E-state index in [1.807, 2.05) is 13.8 Å². The fourth-order valence-electron chi connectivity index (χ4n) is 8.11. The fourth-order valence-corrected chi connectivity index (χ4v) is 8.11. The maximum absolute atomic E-state index is 12.9. The van der Waals surface area contributed by atoms with Gasteiger partial charge in [0.1, 0.15) is 30.2 Å². The Morgan fingerprint density at radius 2 is 1.55 bits per heavy atom. The first kappa shape index (κ1) is 48.2. The molecular weight excluding hydrogens is 812 g/mol. The van der Waals surface area contributed by atoms with E-state index in [9.17, 15) is 29.7 Å². The average molecular weight is 874 g/mol. The lowest BCUT2D eigenvalue weighted by atomic mass is 9.95. The molecule has 5 rings (SSSR count). The monoisotopic (exact) mass is 873 g/mol. The zero-order valence-corrected chi connectivity index (χ0v) is 36.6. The van der Waals surface area contributed by atoms with Crippen LogP contribution in [0.15, 0.2) is 23.0 Å². The van der Waals surface area contributed by atoms with Gasteiger partial charge < -0.3 is 33.7 Å². The molecule has 6 atom stereocenters. The van der Waals surface area contributed by atoms with Gasteiger partial charge in [-0.2, -0.15) is 0 Å². The van der Waals surface area contributed by atoms with Crippen molar-refractivity contribution in [2.75, 3.05) is 18.5 Å². The lowest BCUT2D eigenvalue weighted by molar-refractivity contribution is -0.383. The molecule has 0 amide bonds. The van der Waals surface area contributed by atoms with E-state index in [2.05, 4.69) is 32.9 Å². The highest BCUT2D eigenvalue weighted by Gasteiger charge is 2.53. The van der Waals surface area contributed by atoms with Crippen LogP contribution in [0, 0.1) is 10.1 Å². The number of nitro groups is 1. The molecule has 0 saturated carbocycles. The SMILES string of the molecule is CCCC1(CCCCCCCCCCCCn2cc(CO[C@@H]3O[C@H](COC(C)=O)[C@@H](OC(C)=O)[C@H](OC(C)=O)[C@H]3Nc3ccc([N+](=O)[O-])c4nonc34)nn2)OCC(C)(C)N1[O]. The Morgan fingerprint density at radius 3 is 2.16 bits per heavy atom. The summed E-state index contributed by atoms with van der Waals surface area (Å²) >= 11 is 0. The topological polar surface area (TPSA) is 255 Å². The number of anilines is 1. The molecule has 2 aliphatic heterocycles. The minimum absolute atomic E-state index is 0.00536. The standard InChI is InChI=1S/C41H61N8O13/c1-7-20-41(49(55)40(5,6)26-58-41)21-16-14-12-10-8-9-11-13-15-17-22-47-23-30(43-46-47)24-57-39-36(42-31-18-19-32(48(53)54)35-34(31)44-62-45-35)38(60-29(4)52)37(59-28(3)51)33(61-39)25-56-27(2)50/h18-19,23,33,36-39,42H,7-17,20-22,24-26H2,1-6H3/t33-,36-,37-,38-,39-,41?/m1/s1. The first-order valence-corrected chi connectivity index (χ1v) is 21.6. The molecule has 0 aliphatic carbocycles. The third-order valence-electron chi connectivity index (χ3n) is 11.1. The Bertz CT molecular complexity index is 1940. The Balaban J connectivity index is 1.12. The third kappa shape index (κ3) is 12.9. The van der Waals surface area contributed by atoms with Crippen molar-refractivity contribution in [2.24, 2.45) is 0 Å². The van der Waals surface area contributed by atoms with Crippen LogP contribution in [0.1, 0.15) is 131 Å². The minimum Gasteiger partial charge on any atom is -0.463 e. The van der Waals surface area contributed by atoms with Crippen LogP contribution in [0.2, 0.25) is 0 Å². The predicted octanol–water partition coefficient (Wildman–Crippen LogP) is 6.12. The van der Waals surface area contributed by atoms with Gasteiger partial charge in [-0.3, -0.25) is 29.2 Å². The number of non-ortho nitro benzene ring substituents is 1. The number of carbonyl (C=O) groups excluding carboxylic acids is 3. The lowest BCUT2D eigenvalue weighted by Crippen LogP contribution is -2.64. The molecule has 3 aromatic rings. The van der Waals surface area contributed by atoms with E-state index in [-0.39, 0.29) is 35.6 Å². The first-order valence-electron chi connectivity index (χ1n) is 21.6. The van der Waals surface area contributed by atoms with E-state index < -0.39 is 64.7 Å². The van der Waals surface area contributed by atoms with E-state index >= 15 is 0 Å². The molecule has 2 fully saturated rings. The van der Waals surface area contributed by atoms with Gasteiger partial charge in [-0.1, -0.05) is 69.9 Å². The fraction of sp³-hybridized carbons (Fsp3) is 0.732. The summed E-state index contributed by atoms with van der Waals surface area (Å²) < 4.78 is 41.6. The summed E-state index contributed by atoms with van der Waals surface area (Å²) in [5.74, 6) is -2.09. The maximum Gasteiger partial charge on any atom is 0.303 e. The number of nitrogens with zero attached hydrogens (tertiary/aromatic N) is 7. The minimum atomic E-state index is -1.29. The van der Waals surface area contributed by atoms with Crippen LogP contribution < -0.4 is 5.32 Å². The van der Waals surface area contributed by atoms with E-state index in [4.69, 9.17) is 33.1 Å². The lowest BCUT2D eigenvalue weighted by Gasteiger charge is -2.45. The van der Waals surface area contributed by atoms with Crippen molar-refractivity contribution in [3.63, 3.8) is 0 Å². The highest BCUT2D eigenvalue weighted by atomic mass is 16.7. The van der Waals surface area contributed by atoms with Gasteiger partial charge in [0.05, 0.1) is 35.6 Å². The van der Waals surface area contributed by atoms with Crippen molar-refractivity contribution in [3.8, 4) is 0 Å². The van der Waals surface area contributed by atoms with Crippen molar-refractivity contribution in [3.05, 3.63) is 34.1 Å². The van der Waals surface area contributed by atoms with Crippen LogP contribution in [0.3, 0.4) is 0 Å². The number of esters is 3. The molecule has 1 N–H and O–H groups in total. The van der Waals surface area contributed by atoms with E-state index in [1.54, 1.807) is 10.9 Å². The van der Waals surface area contributed by atoms with Crippen LogP contribution in [-0.4, -0.2) is 108 Å². The summed E-state index contributed by atoms with van der Waals surface area (Å²) in [4.78, 5) is 47.6. The highest BCUT2D eigenvalue weighted by molar-refractivity contribution is 5.93. The maximum atomic E-state index is 12.9. The summed E-state index contributed by atoms with van der Waals surface area (Å²) in [6.45, 7) is 10.2. The normalized spacial score (nSPS) is 23.6. The largest absolute Gasteiger partial charge is 0.463 e. The summed E-state index contributed by atoms with van der Waals surface area (Å²) in [5, 5.41) is 44.9. The number of unbranched alkanes of at least 4 members (excludes halogenated alkanes) is 9.